The van der Waals surface area contributed by atoms with Gasteiger partial charge in [-0.05, 0) is 25.5 Å². The van der Waals surface area contributed by atoms with E-state index >= 15 is 0 Å². The predicted molar refractivity (Wildman–Crippen MR) is 140 cm³/mol. The molecular weight excluding hydrogens is 470 g/mol. The van der Waals surface area contributed by atoms with Crippen LogP contribution >= 0.6 is 0 Å². The Kier molecular flexibility index (Phi) is 7.52. The van der Waals surface area contributed by atoms with Gasteiger partial charge in [-0.25, -0.2) is 0 Å². The van der Waals surface area contributed by atoms with E-state index in [1.165, 1.54) is 0 Å². The van der Waals surface area contributed by atoms with Gasteiger partial charge in [-0.1, -0.05) is 47.6 Å². The minimum atomic E-state index is -0.465. The molecule has 1 N–H and O–H groups in total. The van der Waals surface area contributed by atoms with Crippen LogP contribution in [0.25, 0.3) is 10.9 Å². The summed E-state index contributed by atoms with van der Waals surface area (Å²) in [4.78, 5) is 20.7. The van der Waals surface area contributed by atoms with Gasteiger partial charge >= 0.3 is 0 Å². The summed E-state index contributed by atoms with van der Waals surface area (Å²) in [6.07, 6.45) is 0.534. The maximum atomic E-state index is 13.9. The molecule has 1 atom stereocenters. The van der Waals surface area contributed by atoms with Crippen LogP contribution < -0.4 is 10.1 Å². The topological polar surface area (TPSA) is 94.7 Å². The Bertz CT molecular complexity index is 1360. The standard InChI is InChI=1S/C28H33N5O4/c1-19-25(27(34)30-23(28-29-20(2)31-37-28)18-21-8-5-4-6-9-21)22-10-7-11-24(35-3)26(22)33(19)13-12-32-14-16-36-17-15-32/h4-11,23H,12-18H2,1-3H3,(H,30,34). The molecule has 1 saturated heterocycles. The van der Waals surface area contributed by atoms with E-state index in [1.807, 2.05) is 55.5 Å². The molecule has 5 rings (SSSR count). The molecule has 0 bridgehead atoms. The van der Waals surface area contributed by atoms with Gasteiger partial charge in [-0.2, -0.15) is 4.98 Å². The van der Waals surface area contributed by atoms with Crippen LogP contribution in [0.4, 0.5) is 0 Å². The summed E-state index contributed by atoms with van der Waals surface area (Å²) in [5.74, 6) is 1.48. The number of nitrogens with zero attached hydrogens (tertiary/aromatic N) is 4. The largest absolute Gasteiger partial charge is 0.495 e. The fourth-order valence-corrected chi connectivity index (χ4v) is 5.03. The second-order valence-electron chi connectivity index (χ2n) is 9.32. The molecule has 0 spiro atoms. The number of methoxy groups -OCH3 is 1. The Hall–Kier alpha value is -3.69. The van der Waals surface area contributed by atoms with E-state index in [9.17, 15) is 4.79 Å². The van der Waals surface area contributed by atoms with Crippen LogP contribution in [0.5, 0.6) is 5.75 Å². The number of rotatable bonds is 9. The summed E-state index contributed by atoms with van der Waals surface area (Å²) in [6, 6.07) is 15.3. The van der Waals surface area contributed by atoms with Crippen LogP contribution in [-0.2, 0) is 17.7 Å². The van der Waals surface area contributed by atoms with Crippen molar-refractivity contribution < 1.29 is 18.8 Å². The number of ether oxygens (including phenoxy) is 2. The quantitative estimate of drug-likeness (QED) is 0.372. The van der Waals surface area contributed by atoms with E-state index in [4.69, 9.17) is 14.0 Å². The average molecular weight is 504 g/mol. The third kappa shape index (κ3) is 5.38. The van der Waals surface area contributed by atoms with Crippen molar-refractivity contribution in [3.63, 3.8) is 0 Å². The first-order valence-electron chi connectivity index (χ1n) is 12.7. The minimum absolute atomic E-state index is 0.183. The molecule has 2 aromatic heterocycles. The Morgan fingerprint density at radius 3 is 2.57 bits per heavy atom. The van der Waals surface area contributed by atoms with Gasteiger partial charge in [0.15, 0.2) is 5.82 Å². The van der Waals surface area contributed by atoms with Gasteiger partial charge in [0.2, 0.25) is 5.89 Å². The maximum absolute atomic E-state index is 13.9. The fourth-order valence-electron chi connectivity index (χ4n) is 5.03. The number of aromatic nitrogens is 3. The van der Waals surface area contributed by atoms with E-state index < -0.39 is 6.04 Å². The summed E-state index contributed by atoms with van der Waals surface area (Å²) in [7, 11) is 1.66. The van der Waals surface area contributed by atoms with Crippen molar-refractivity contribution in [1.29, 1.82) is 0 Å². The second kappa shape index (κ2) is 11.1. The molecule has 0 saturated carbocycles. The Morgan fingerprint density at radius 2 is 1.86 bits per heavy atom. The molecule has 2 aromatic carbocycles. The van der Waals surface area contributed by atoms with E-state index in [1.54, 1.807) is 14.0 Å². The zero-order valence-corrected chi connectivity index (χ0v) is 21.6. The number of hydrogen-bond donors (Lipinski definition) is 1. The first-order chi connectivity index (χ1) is 18.0. The molecule has 3 heterocycles. The summed E-state index contributed by atoms with van der Waals surface area (Å²) in [6.45, 7) is 8.70. The van der Waals surface area contributed by atoms with Crippen molar-refractivity contribution in [3.8, 4) is 5.75 Å². The Labute approximate surface area is 216 Å². The van der Waals surface area contributed by atoms with E-state index in [2.05, 4.69) is 24.9 Å². The van der Waals surface area contributed by atoms with Gasteiger partial charge < -0.3 is 23.9 Å². The van der Waals surface area contributed by atoms with Gasteiger partial charge in [0, 0.05) is 43.7 Å². The molecule has 0 radical (unpaired) electrons. The van der Waals surface area contributed by atoms with Gasteiger partial charge in [0.1, 0.15) is 11.8 Å². The first kappa shape index (κ1) is 25.0. The number of nitrogens with one attached hydrogen (secondary N) is 1. The molecular formula is C28H33N5O4. The number of benzene rings is 2. The molecule has 9 nitrogen and oxygen atoms in total. The van der Waals surface area contributed by atoms with Crippen molar-refractivity contribution in [1.82, 2.24) is 24.9 Å². The third-order valence-corrected chi connectivity index (χ3v) is 6.92. The number of hydrogen-bond acceptors (Lipinski definition) is 7. The molecule has 1 aliphatic heterocycles. The zero-order chi connectivity index (χ0) is 25.8. The summed E-state index contributed by atoms with van der Waals surface area (Å²) in [5, 5.41) is 7.99. The minimum Gasteiger partial charge on any atom is -0.495 e. The highest BCUT2D eigenvalue weighted by molar-refractivity contribution is 6.09. The van der Waals surface area contributed by atoms with Gasteiger partial charge in [0.05, 0.1) is 31.4 Å². The molecule has 1 unspecified atom stereocenters. The van der Waals surface area contributed by atoms with Crippen LogP contribution in [-0.4, -0.2) is 65.5 Å². The number of carbonyl (C=O) groups is 1. The summed E-state index contributed by atoms with van der Waals surface area (Å²) < 4.78 is 18.9. The monoisotopic (exact) mass is 503 g/mol. The van der Waals surface area contributed by atoms with Crippen LogP contribution in [0.1, 0.15) is 39.4 Å². The smallest absolute Gasteiger partial charge is 0.254 e. The third-order valence-electron chi connectivity index (χ3n) is 6.92. The molecule has 0 aliphatic carbocycles. The second-order valence-corrected chi connectivity index (χ2v) is 9.32. The highest BCUT2D eigenvalue weighted by Gasteiger charge is 2.27. The molecule has 1 aliphatic rings. The lowest BCUT2D eigenvalue weighted by Crippen LogP contribution is -2.38. The molecule has 194 valence electrons. The Balaban J connectivity index is 1.48. The van der Waals surface area contributed by atoms with Gasteiger partial charge in [-0.3, -0.25) is 9.69 Å². The number of fused-ring (bicyclic) bond motifs is 1. The van der Waals surface area contributed by atoms with Crippen molar-refractivity contribution >= 4 is 16.8 Å². The lowest BCUT2D eigenvalue weighted by atomic mass is 10.0. The zero-order valence-electron chi connectivity index (χ0n) is 21.6. The lowest BCUT2D eigenvalue weighted by molar-refractivity contribution is 0.0365. The molecule has 37 heavy (non-hydrogen) atoms. The number of morpholine rings is 1. The van der Waals surface area contributed by atoms with E-state index in [0.717, 1.165) is 67.3 Å². The Morgan fingerprint density at radius 1 is 1.08 bits per heavy atom. The summed E-state index contributed by atoms with van der Waals surface area (Å²) >= 11 is 0. The summed E-state index contributed by atoms with van der Waals surface area (Å²) in [5.41, 5.74) is 3.51. The first-order valence-corrected chi connectivity index (χ1v) is 12.7. The van der Waals surface area contributed by atoms with Gasteiger partial charge in [0.25, 0.3) is 5.91 Å². The normalized spacial score (nSPS) is 15.1. The average Bonchev–Trinajstić information content (AvgIpc) is 3.48. The SMILES string of the molecule is COc1cccc2c(C(=O)NC(Cc3ccccc3)c3nc(C)no3)c(C)n(CCN3CCOCC3)c12. The molecule has 1 amide bonds. The fraction of sp³-hybridized carbons (Fsp3) is 0.393. The highest BCUT2D eigenvalue weighted by Crippen LogP contribution is 2.33. The lowest BCUT2D eigenvalue weighted by Gasteiger charge is -2.27. The van der Waals surface area contributed by atoms with Gasteiger partial charge in [-0.15, -0.1) is 0 Å². The van der Waals surface area contributed by atoms with Crippen LogP contribution in [0.3, 0.4) is 0 Å². The van der Waals surface area contributed by atoms with Crippen molar-refractivity contribution in [2.24, 2.45) is 0 Å². The molecule has 9 heteroatoms. The maximum Gasteiger partial charge on any atom is 0.254 e. The van der Waals surface area contributed by atoms with Crippen molar-refractivity contribution in [2.45, 2.75) is 32.9 Å². The predicted octanol–water partition coefficient (Wildman–Crippen LogP) is 3.70. The van der Waals surface area contributed by atoms with E-state index in [-0.39, 0.29) is 5.91 Å². The highest BCUT2D eigenvalue weighted by atomic mass is 16.5. The van der Waals surface area contributed by atoms with Crippen molar-refractivity contribution in [2.75, 3.05) is 40.0 Å². The molecule has 4 aromatic rings. The number of carbonyl (C=O) groups excluding carboxylic acids is 1. The number of para-hydroxylation sites is 1. The number of aryl methyl sites for hydroxylation is 1. The van der Waals surface area contributed by atoms with Crippen molar-refractivity contribution in [3.05, 3.63) is 77.1 Å². The number of amides is 1. The molecule has 1 fully saturated rings. The van der Waals surface area contributed by atoms with Crippen LogP contribution in [0.2, 0.25) is 0 Å². The van der Waals surface area contributed by atoms with Crippen LogP contribution in [0.15, 0.2) is 53.1 Å². The van der Waals surface area contributed by atoms with E-state index in [0.29, 0.717) is 23.7 Å². The van der Waals surface area contributed by atoms with Crippen LogP contribution in [0, 0.1) is 13.8 Å².